The molecular weight excluding hydrogens is 252 g/mol. The van der Waals surface area contributed by atoms with Gasteiger partial charge in [0.1, 0.15) is 6.33 Å². The van der Waals surface area contributed by atoms with Crippen molar-refractivity contribution in [3.63, 3.8) is 0 Å². The van der Waals surface area contributed by atoms with Gasteiger partial charge in [-0.1, -0.05) is 13.3 Å². The second kappa shape index (κ2) is 6.00. The van der Waals surface area contributed by atoms with Crippen molar-refractivity contribution < 1.29 is 4.79 Å². The summed E-state index contributed by atoms with van der Waals surface area (Å²) in [5.41, 5.74) is 1.13. The molecule has 0 saturated carbocycles. The lowest BCUT2D eigenvalue weighted by molar-refractivity contribution is 0.0659. The van der Waals surface area contributed by atoms with Crippen molar-refractivity contribution in [3.05, 3.63) is 23.8 Å². The molecule has 0 atom stereocenters. The van der Waals surface area contributed by atoms with Gasteiger partial charge in [-0.05, 0) is 26.2 Å². The van der Waals surface area contributed by atoms with Gasteiger partial charge in [0.2, 0.25) is 0 Å². The van der Waals surface area contributed by atoms with Gasteiger partial charge in [-0.25, -0.2) is 9.97 Å². The van der Waals surface area contributed by atoms with Crippen LogP contribution in [0.4, 0.5) is 0 Å². The van der Waals surface area contributed by atoms with Crippen molar-refractivity contribution in [2.75, 3.05) is 13.1 Å². The Balaban J connectivity index is 2.12. The van der Waals surface area contributed by atoms with E-state index in [0.29, 0.717) is 18.7 Å². The van der Waals surface area contributed by atoms with Crippen LogP contribution in [0.2, 0.25) is 0 Å². The van der Waals surface area contributed by atoms with Crippen LogP contribution in [0.5, 0.6) is 0 Å². The highest BCUT2D eigenvalue weighted by Gasteiger charge is 2.32. The molecule has 2 heterocycles. The van der Waals surface area contributed by atoms with Crippen LogP contribution in [0.15, 0.2) is 12.5 Å². The van der Waals surface area contributed by atoms with Crippen LogP contribution < -0.4 is 0 Å². The first-order chi connectivity index (χ1) is 9.59. The van der Waals surface area contributed by atoms with Crippen LogP contribution in [0.3, 0.4) is 0 Å². The van der Waals surface area contributed by atoms with E-state index in [4.69, 9.17) is 5.26 Å². The fraction of sp³-hybridized carbons (Fsp3) is 0.600. The summed E-state index contributed by atoms with van der Waals surface area (Å²) in [5, 5.41) is 9.13. The van der Waals surface area contributed by atoms with E-state index in [2.05, 4.69) is 23.0 Å². The Labute approximate surface area is 119 Å². The fourth-order valence-electron chi connectivity index (χ4n) is 2.46. The number of hydrogen-bond acceptors (Lipinski definition) is 4. The average Bonchev–Trinajstić information content (AvgIpc) is 2.48. The van der Waals surface area contributed by atoms with Crippen LogP contribution in [-0.4, -0.2) is 33.9 Å². The minimum Gasteiger partial charge on any atom is -0.338 e. The van der Waals surface area contributed by atoms with Crippen molar-refractivity contribution >= 4 is 5.91 Å². The number of nitriles is 1. The maximum Gasteiger partial charge on any atom is 0.257 e. The molecule has 1 aromatic heterocycles. The highest BCUT2D eigenvalue weighted by atomic mass is 16.2. The molecule has 1 aliphatic rings. The number of carbonyl (C=O) groups excluding carboxylic acids is 1. The molecule has 2 rings (SSSR count). The molecule has 5 nitrogen and oxygen atoms in total. The lowest BCUT2D eigenvalue weighted by atomic mass is 9.82. The molecule has 5 heteroatoms. The van der Waals surface area contributed by atoms with E-state index in [0.717, 1.165) is 31.4 Å². The summed E-state index contributed by atoms with van der Waals surface area (Å²) in [7, 11) is 0. The molecule has 0 radical (unpaired) electrons. The molecule has 106 valence electrons. The van der Waals surface area contributed by atoms with Gasteiger partial charge in [0.25, 0.3) is 5.91 Å². The van der Waals surface area contributed by atoms with E-state index in [-0.39, 0.29) is 11.3 Å². The molecule has 1 aromatic rings. The number of aromatic nitrogens is 2. The number of amides is 1. The second-order valence-electron chi connectivity index (χ2n) is 5.60. The zero-order chi connectivity index (χ0) is 14.6. The van der Waals surface area contributed by atoms with Crippen LogP contribution >= 0.6 is 0 Å². The van der Waals surface area contributed by atoms with Gasteiger partial charge in [-0.2, -0.15) is 5.26 Å². The van der Waals surface area contributed by atoms with Gasteiger partial charge >= 0.3 is 0 Å². The van der Waals surface area contributed by atoms with Gasteiger partial charge in [-0.15, -0.1) is 0 Å². The Kier molecular flexibility index (Phi) is 4.33. The molecule has 0 N–H and O–H groups in total. The Hall–Kier alpha value is -1.96. The predicted molar refractivity (Wildman–Crippen MR) is 74.9 cm³/mol. The Morgan fingerprint density at radius 1 is 1.50 bits per heavy atom. The number of rotatable bonds is 3. The van der Waals surface area contributed by atoms with Crippen LogP contribution in [-0.2, 0) is 6.42 Å². The molecule has 0 bridgehead atoms. The van der Waals surface area contributed by atoms with Gasteiger partial charge < -0.3 is 4.90 Å². The average molecular weight is 272 g/mol. The lowest BCUT2D eigenvalue weighted by Gasteiger charge is -2.35. The summed E-state index contributed by atoms with van der Waals surface area (Å²) in [6.07, 6.45) is 6.29. The third-order valence-electron chi connectivity index (χ3n) is 3.94. The molecule has 1 saturated heterocycles. The molecule has 1 amide bonds. The summed E-state index contributed by atoms with van der Waals surface area (Å²) < 4.78 is 0. The fourth-order valence-corrected chi connectivity index (χ4v) is 2.46. The standard InChI is InChI=1S/C15H20N4O/c1-3-4-13-12(9-17-11-18-13)14(20)19-7-5-15(2,10-16)6-8-19/h9,11H,3-8H2,1-2H3. The van der Waals surface area contributed by atoms with Gasteiger partial charge in [-0.3, -0.25) is 4.79 Å². The Morgan fingerprint density at radius 3 is 2.80 bits per heavy atom. The minimum absolute atomic E-state index is 0.00552. The third-order valence-corrected chi connectivity index (χ3v) is 3.94. The van der Waals surface area contributed by atoms with Crippen molar-refractivity contribution in [1.82, 2.24) is 14.9 Å². The summed E-state index contributed by atoms with van der Waals surface area (Å²) in [6, 6.07) is 2.35. The van der Waals surface area contributed by atoms with Crippen molar-refractivity contribution in [2.24, 2.45) is 5.41 Å². The van der Waals surface area contributed by atoms with Crippen molar-refractivity contribution in [1.29, 1.82) is 5.26 Å². The minimum atomic E-state index is -0.295. The maximum atomic E-state index is 12.6. The smallest absolute Gasteiger partial charge is 0.257 e. The lowest BCUT2D eigenvalue weighted by Crippen LogP contribution is -2.42. The number of hydrogen-bond donors (Lipinski definition) is 0. The zero-order valence-corrected chi connectivity index (χ0v) is 12.1. The van der Waals surface area contributed by atoms with E-state index in [1.807, 2.05) is 11.8 Å². The summed E-state index contributed by atoms with van der Waals surface area (Å²) in [6.45, 7) is 5.28. The molecule has 20 heavy (non-hydrogen) atoms. The number of aryl methyl sites for hydroxylation is 1. The maximum absolute atomic E-state index is 12.6. The van der Waals surface area contributed by atoms with Crippen molar-refractivity contribution in [3.8, 4) is 6.07 Å². The Bertz CT molecular complexity index is 527. The van der Waals surface area contributed by atoms with E-state index in [1.54, 1.807) is 6.20 Å². The first kappa shape index (κ1) is 14.4. The molecule has 1 aliphatic heterocycles. The van der Waals surface area contributed by atoms with E-state index in [1.165, 1.54) is 6.33 Å². The normalized spacial score (nSPS) is 17.6. The molecule has 0 unspecified atom stereocenters. The predicted octanol–water partition coefficient (Wildman–Crippen LogP) is 2.19. The monoisotopic (exact) mass is 272 g/mol. The summed E-state index contributed by atoms with van der Waals surface area (Å²) >= 11 is 0. The highest BCUT2D eigenvalue weighted by molar-refractivity contribution is 5.95. The largest absolute Gasteiger partial charge is 0.338 e. The van der Waals surface area contributed by atoms with E-state index < -0.39 is 0 Å². The number of likely N-dealkylation sites (tertiary alicyclic amines) is 1. The summed E-state index contributed by atoms with van der Waals surface area (Å²) in [4.78, 5) is 22.6. The van der Waals surface area contributed by atoms with Crippen molar-refractivity contribution in [2.45, 2.75) is 39.5 Å². The zero-order valence-electron chi connectivity index (χ0n) is 12.1. The second-order valence-corrected chi connectivity index (χ2v) is 5.60. The van der Waals surface area contributed by atoms with Crippen LogP contribution in [0, 0.1) is 16.7 Å². The quantitative estimate of drug-likeness (QED) is 0.845. The van der Waals surface area contributed by atoms with E-state index in [9.17, 15) is 4.79 Å². The summed E-state index contributed by atoms with van der Waals surface area (Å²) in [5.74, 6) is -0.00552. The highest BCUT2D eigenvalue weighted by Crippen LogP contribution is 2.30. The first-order valence-corrected chi connectivity index (χ1v) is 7.09. The molecule has 1 fully saturated rings. The topological polar surface area (TPSA) is 69.9 Å². The number of nitrogens with zero attached hydrogens (tertiary/aromatic N) is 4. The molecule has 0 aromatic carbocycles. The Morgan fingerprint density at radius 2 is 2.20 bits per heavy atom. The van der Waals surface area contributed by atoms with Gasteiger partial charge in [0, 0.05) is 19.3 Å². The third kappa shape index (κ3) is 2.96. The molecule has 0 spiro atoms. The van der Waals surface area contributed by atoms with Gasteiger partial charge in [0.15, 0.2) is 0 Å². The molecule has 0 aliphatic carbocycles. The van der Waals surface area contributed by atoms with Gasteiger partial charge in [0.05, 0.1) is 22.7 Å². The van der Waals surface area contributed by atoms with Crippen LogP contribution in [0.1, 0.15) is 49.2 Å². The number of carbonyl (C=O) groups is 1. The molecular formula is C15H20N4O. The number of piperidine rings is 1. The van der Waals surface area contributed by atoms with Crippen LogP contribution in [0.25, 0.3) is 0 Å². The SMILES string of the molecule is CCCc1ncncc1C(=O)N1CCC(C)(C#N)CC1. The first-order valence-electron chi connectivity index (χ1n) is 7.09. The van der Waals surface area contributed by atoms with E-state index >= 15 is 0 Å².